The smallest absolute Gasteiger partial charge is 0.201 e. The third-order valence-corrected chi connectivity index (χ3v) is 6.97. The number of benzene rings is 4. The van der Waals surface area contributed by atoms with Gasteiger partial charge in [0.05, 0.1) is 5.56 Å². The summed E-state index contributed by atoms with van der Waals surface area (Å²) in [7, 11) is 2.13. The normalized spacial score (nSPS) is 12.1. The van der Waals surface area contributed by atoms with E-state index in [2.05, 4.69) is 91.5 Å². The summed E-state index contributed by atoms with van der Waals surface area (Å²) < 4.78 is 4.98. The fraction of sp³-hybridized carbons (Fsp3) is 0.0800. The Hall–Kier alpha value is -2.97. The van der Waals surface area contributed by atoms with Crippen molar-refractivity contribution < 1.29 is 4.57 Å². The van der Waals surface area contributed by atoms with Gasteiger partial charge in [-0.25, -0.2) is 4.57 Å². The summed E-state index contributed by atoms with van der Waals surface area (Å²) in [6.45, 7) is 2.28. The molecule has 6 rings (SSSR count). The molecule has 2 heteroatoms. The van der Waals surface area contributed by atoms with Crippen molar-refractivity contribution in [3.05, 3.63) is 78.5 Å². The lowest BCUT2D eigenvalue weighted by atomic mass is 9.89. The zero-order valence-electron chi connectivity index (χ0n) is 15.3. The van der Waals surface area contributed by atoms with E-state index in [1.54, 1.807) is 0 Å². The standard InChI is InChI=1S/C25H18NS/c1-15-19(20-11-5-6-13-26(20)2)14-22-25-23(15)17-9-4-3-8-16(17)18-10-7-12-21(27-22)24(18)25/h3-14H,1-2H3/q+1. The van der Waals surface area contributed by atoms with Crippen LogP contribution in [-0.2, 0) is 7.05 Å². The van der Waals surface area contributed by atoms with Crippen molar-refractivity contribution in [3.8, 4) is 11.3 Å². The van der Waals surface area contributed by atoms with E-state index in [0.29, 0.717) is 0 Å². The minimum atomic E-state index is 1.26. The van der Waals surface area contributed by atoms with Gasteiger partial charge < -0.3 is 0 Å². The van der Waals surface area contributed by atoms with Crippen molar-refractivity contribution in [1.29, 1.82) is 0 Å². The molecule has 2 heterocycles. The average Bonchev–Trinajstić information content (AvgIpc) is 3.07. The summed E-state index contributed by atoms with van der Waals surface area (Å²) in [4.78, 5) is 0. The SMILES string of the molecule is Cc1c(-c2cccc[n+]2C)cc2sc3cccc4c5ccccc5c1c2c34. The molecule has 27 heavy (non-hydrogen) atoms. The van der Waals surface area contributed by atoms with Crippen molar-refractivity contribution >= 4 is 53.1 Å². The molecule has 0 aliphatic rings. The predicted octanol–water partition coefficient (Wildman–Crippen LogP) is 6.60. The van der Waals surface area contributed by atoms with Crippen LogP contribution in [0.2, 0.25) is 0 Å². The Labute approximate surface area is 161 Å². The molecule has 0 aliphatic heterocycles. The van der Waals surface area contributed by atoms with Crippen molar-refractivity contribution in [2.75, 3.05) is 0 Å². The number of thiophene rings is 1. The van der Waals surface area contributed by atoms with Gasteiger partial charge in [0.1, 0.15) is 7.05 Å². The third-order valence-electron chi connectivity index (χ3n) is 5.86. The highest BCUT2D eigenvalue weighted by Crippen LogP contribution is 2.47. The molecule has 0 amide bonds. The lowest BCUT2D eigenvalue weighted by Crippen LogP contribution is -2.30. The predicted molar refractivity (Wildman–Crippen MR) is 117 cm³/mol. The van der Waals surface area contributed by atoms with Crippen molar-refractivity contribution in [3.63, 3.8) is 0 Å². The summed E-state index contributed by atoms with van der Waals surface area (Å²) in [5, 5.41) is 8.36. The molecule has 128 valence electrons. The first-order valence-electron chi connectivity index (χ1n) is 9.27. The van der Waals surface area contributed by atoms with E-state index < -0.39 is 0 Å². The number of hydrogen-bond donors (Lipinski definition) is 0. The van der Waals surface area contributed by atoms with Gasteiger partial charge in [0.15, 0.2) is 6.20 Å². The molecular formula is C25H18NS+. The summed E-state index contributed by atoms with van der Waals surface area (Å²) >= 11 is 1.91. The Morgan fingerprint density at radius 2 is 1.44 bits per heavy atom. The topological polar surface area (TPSA) is 3.88 Å². The van der Waals surface area contributed by atoms with Crippen LogP contribution < -0.4 is 4.57 Å². The fourth-order valence-corrected chi connectivity index (χ4v) is 5.82. The first kappa shape index (κ1) is 15.1. The molecule has 1 nitrogen and oxygen atoms in total. The number of fused-ring (bicyclic) bond motifs is 3. The maximum atomic E-state index is 2.39. The lowest BCUT2D eigenvalue weighted by molar-refractivity contribution is -0.660. The highest BCUT2D eigenvalue weighted by molar-refractivity contribution is 7.26. The summed E-state index contributed by atoms with van der Waals surface area (Å²) in [5.74, 6) is 0. The molecule has 0 saturated carbocycles. The molecular weight excluding hydrogens is 346 g/mol. The van der Waals surface area contributed by atoms with Crippen LogP contribution in [0.15, 0.2) is 72.9 Å². The van der Waals surface area contributed by atoms with Gasteiger partial charge in [0.25, 0.3) is 0 Å². The largest absolute Gasteiger partial charge is 0.212 e. The van der Waals surface area contributed by atoms with E-state index in [4.69, 9.17) is 0 Å². The summed E-state index contributed by atoms with van der Waals surface area (Å²) in [6, 6.07) is 24.4. The second-order valence-corrected chi connectivity index (χ2v) is 8.40. The molecule has 0 spiro atoms. The molecule has 0 atom stereocenters. The number of hydrogen-bond acceptors (Lipinski definition) is 1. The molecule has 2 aromatic heterocycles. The number of pyridine rings is 1. The van der Waals surface area contributed by atoms with E-state index in [-0.39, 0.29) is 0 Å². The van der Waals surface area contributed by atoms with Crippen LogP contribution in [0.4, 0.5) is 0 Å². The first-order chi connectivity index (χ1) is 13.2. The quantitative estimate of drug-likeness (QED) is 0.229. The van der Waals surface area contributed by atoms with E-state index in [1.807, 2.05) is 11.3 Å². The van der Waals surface area contributed by atoms with Crippen LogP contribution in [0, 0.1) is 6.92 Å². The van der Waals surface area contributed by atoms with Gasteiger partial charge in [-0.05, 0) is 52.2 Å². The molecule has 4 aromatic carbocycles. The van der Waals surface area contributed by atoms with Crippen LogP contribution in [-0.4, -0.2) is 0 Å². The average molecular weight is 364 g/mol. The number of rotatable bonds is 1. The maximum absolute atomic E-state index is 2.39. The van der Waals surface area contributed by atoms with Gasteiger partial charge in [-0.15, -0.1) is 11.3 Å². The highest BCUT2D eigenvalue weighted by atomic mass is 32.1. The van der Waals surface area contributed by atoms with Gasteiger partial charge in [0.2, 0.25) is 5.69 Å². The van der Waals surface area contributed by atoms with Crippen molar-refractivity contribution in [1.82, 2.24) is 0 Å². The zero-order valence-corrected chi connectivity index (χ0v) is 16.1. The molecule has 0 radical (unpaired) electrons. The molecule has 0 aliphatic carbocycles. The molecule has 6 aromatic rings. The van der Waals surface area contributed by atoms with E-state index in [0.717, 1.165) is 0 Å². The Morgan fingerprint density at radius 3 is 2.30 bits per heavy atom. The number of nitrogens with zero attached hydrogens (tertiary/aromatic N) is 1. The van der Waals surface area contributed by atoms with Gasteiger partial charge in [0, 0.05) is 32.3 Å². The van der Waals surface area contributed by atoms with E-state index >= 15 is 0 Å². The number of aromatic nitrogens is 1. The van der Waals surface area contributed by atoms with Crippen LogP contribution in [0.25, 0.3) is 53.0 Å². The Balaban J connectivity index is 1.94. The van der Waals surface area contributed by atoms with Gasteiger partial charge >= 0.3 is 0 Å². The van der Waals surface area contributed by atoms with Gasteiger partial charge in [-0.3, -0.25) is 0 Å². The minimum absolute atomic E-state index is 1.26. The van der Waals surface area contributed by atoms with Crippen LogP contribution in [0.3, 0.4) is 0 Å². The van der Waals surface area contributed by atoms with E-state index in [9.17, 15) is 0 Å². The van der Waals surface area contributed by atoms with Gasteiger partial charge in [-0.2, -0.15) is 0 Å². The zero-order chi connectivity index (χ0) is 18.1. The first-order valence-corrected chi connectivity index (χ1v) is 10.1. The van der Waals surface area contributed by atoms with Crippen LogP contribution in [0.5, 0.6) is 0 Å². The highest BCUT2D eigenvalue weighted by Gasteiger charge is 2.21. The Bertz CT molecular complexity index is 1490. The minimum Gasteiger partial charge on any atom is -0.201 e. The van der Waals surface area contributed by atoms with E-state index in [1.165, 1.54) is 58.5 Å². The third kappa shape index (κ3) is 1.91. The Kier molecular flexibility index (Phi) is 2.95. The second kappa shape index (κ2) is 5.28. The van der Waals surface area contributed by atoms with Gasteiger partial charge in [-0.1, -0.05) is 36.4 Å². The fourth-order valence-electron chi connectivity index (χ4n) is 4.64. The second-order valence-electron chi connectivity index (χ2n) is 7.32. The molecule has 0 unspecified atom stereocenters. The lowest BCUT2D eigenvalue weighted by Gasteiger charge is -2.13. The van der Waals surface area contributed by atoms with Crippen LogP contribution in [0.1, 0.15) is 5.56 Å². The molecule has 0 saturated heterocycles. The van der Waals surface area contributed by atoms with Crippen molar-refractivity contribution in [2.24, 2.45) is 7.05 Å². The Morgan fingerprint density at radius 1 is 0.704 bits per heavy atom. The molecule has 0 N–H and O–H groups in total. The maximum Gasteiger partial charge on any atom is 0.212 e. The molecule has 0 bridgehead atoms. The molecule has 0 fully saturated rings. The summed E-state index contributed by atoms with van der Waals surface area (Å²) in [6.07, 6.45) is 2.13. The summed E-state index contributed by atoms with van der Waals surface area (Å²) in [5.41, 5.74) is 3.95. The van der Waals surface area contributed by atoms with Crippen molar-refractivity contribution in [2.45, 2.75) is 6.92 Å². The number of aryl methyl sites for hydroxylation is 2. The van der Waals surface area contributed by atoms with Crippen LogP contribution >= 0.6 is 11.3 Å². The monoisotopic (exact) mass is 364 g/mol.